The van der Waals surface area contributed by atoms with Crippen LogP contribution in [0, 0.1) is 0 Å². The van der Waals surface area contributed by atoms with Crippen molar-refractivity contribution in [3.63, 3.8) is 0 Å². The Morgan fingerprint density at radius 3 is 2.71 bits per heavy atom. The molecular formula is C16H21N3O2. The van der Waals surface area contributed by atoms with Gasteiger partial charge in [0, 0.05) is 18.3 Å². The molecule has 0 amide bonds. The summed E-state index contributed by atoms with van der Waals surface area (Å²) in [5.74, 6) is -0.185. The summed E-state index contributed by atoms with van der Waals surface area (Å²) in [5.41, 5.74) is 2.10. The highest BCUT2D eigenvalue weighted by Crippen LogP contribution is 2.09. The molecular weight excluding hydrogens is 266 g/mol. The van der Waals surface area contributed by atoms with Gasteiger partial charge in [-0.25, -0.2) is 4.68 Å². The van der Waals surface area contributed by atoms with Crippen molar-refractivity contribution in [3.05, 3.63) is 48.3 Å². The number of nitrogens with zero attached hydrogens (tertiary/aromatic N) is 3. The summed E-state index contributed by atoms with van der Waals surface area (Å²) in [6.45, 7) is 6.04. The molecule has 0 unspecified atom stereocenters. The standard InChI is InChI=1S/C16H21N3O2/c1-3-18(13-16(20)21-4-2)11-14-10-17-19(12-14)15-8-6-5-7-9-15/h5-10,12H,3-4,11,13H2,1-2H3. The number of likely N-dealkylation sites (N-methyl/N-ethyl adjacent to an activating group) is 1. The Morgan fingerprint density at radius 2 is 2.05 bits per heavy atom. The number of carbonyl (C=O) groups excluding carboxylic acids is 1. The molecule has 21 heavy (non-hydrogen) atoms. The molecule has 0 N–H and O–H groups in total. The van der Waals surface area contributed by atoms with Crippen LogP contribution >= 0.6 is 0 Å². The molecule has 2 aromatic rings. The Bertz CT molecular complexity index is 566. The summed E-state index contributed by atoms with van der Waals surface area (Å²) in [7, 11) is 0. The monoisotopic (exact) mass is 287 g/mol. The Labute approximate surface area is 125 Å². The van der Waals surface area contributed by atoms with Crippen LogP contribution in [0.1, 0.15) is 19.4 Å². The van der Waals surface area contributed by atoms with E-state index >= 15 is 0 Å². The first-order valence-electron chi connectivity index (χ1n) is 7.19. The molecule has 0 saturated carbocycles. The maximum atomic E-state index is 11.5. The van der Waals surface area contributed by atoms with Gasteiger partial charge in [0.2, 0.25) is 0 Å². The van der Waals surface area contributed by atoms with Gasteiger partial charge in [0.1, 0.15) is 0 Å². The van der Waals surface area contributed by atoms with E-state index in [2.05, 4.69) is 5.10 Å². The van der Waals surface area contributed by atoms with Gasteiger partial charge in [-0.3, -0.25) is 9.69 Å². The first-order valence-corrected chi connectivity index (χ1v) is 7.19. The van der Waals surface area contributed by atoms with E-state index in [9.17, 15) is 4.79 Å². The topological polar surface area (TPSA) is 47.4 Å². The van der Waals surface area contributed by atoms with E-state index < -0.39 is 0 Å². The summed E-state index contributed by atoms with van der Waals surface area (Å²) in [5, 5.41) is 4.36. The SMILES string of the molecule is CCOC(=O)CN(CC)Cc1cnn(-c2ccccc2)c1. The average molecular weight is 287 g/mol. The highest BCUT2D eigenvalue weighted by Gasteiger charge is 2.11. The van der Waals surface area contributed by atoms with Crippen molar-refractivity contribution in [1.82, 2.24) is 14.7 Å². The third kappa shape index (κ3) is 4.43. The zero-order valence-electron chi connectivity index (χ0n) is 12.5. The van der Waals surface area contributed by atoms with Crippen molar-refractivity contribution in [3.8, 4) is 5.69 Å². The van der Waals surface area contributed by atoms with E-state index in [1.807, 2.05) is 66.2 Å². The smallest absolute Gasteiger partial charge is 0.320 e. The second-order valence-corrected chi connectivity index (χ2v) is 4.74. The van der Waals surface area contributed by atoms with Crippen LogP contribution in [0.5, 0.6) is 0 Å². The van der Waals surface area contributed by atoms with E-state index in [-0.39, 0.29) is 5.97 Å². The van der Waals surface area contributed by atoms with Gasteiger partial charge in [-0.1, -0.05) is 25.1 Å². The van der Waals surface area contributed by atoms with E-state index in [4.69, 9.17) is 4.74 Å². The van der Waals surface area contributed by atoms with Crippen molar-refractivity contribution >= 4 is 5.97 Å². The molecule has 0 bridgehead atoms. The fraction of sp³-hybridized carbons (Fsp3) is 0.375. The van der Waals surface area contributed by atoms with Crippen LogP contribution in [0.4, 0.5) is 0 Å². The molecule has 0 radical (unpaired) electrons. The predicted octanol–water partition coefficient (Wildman–Crippen LogP) is 2.26. The number of benzene rings is 1. The zero-order valence-corrected chi connectivity index (χ0v) is 12.5. The average Bonchev–Trinajstić information content (AvgIpc) is 2.96. The molecule has 0 atom stereocenters. The first-order chi connectivity index (χ1) is 10.2. The van der Waals surface area contributed by atoms with Crippen LogP contribution in [0.2, 0.25) is 0 Å². The predicted molar refractivity (Wildman–Crippen MR) is 81.1 cm³/mol. The first kappa shape index (κ1) is 15.3. The maximum absolute atomic E-state index is 11.5. The lowest BCUT2D eigenvalue weighted by Gasteiger charge is -2.18. The second-order valence-electron chi connectivity index (χ2n) is 4.74. The zero-order chi connectivity index (χ0) is 15.1. The van der Waals surface area contributed by atoms with Crippen LogP contribution in [0.15, 0.2) is 42.7 Å². The Morgan fingerprint density at radius 1 is 1.29 bits per heavy atom. The lowest BCUT2D eigenvalue weighted by molar-refractivity contribution is -0.144. The summed E-state index contributed by atoms with van der Waals surface area (Å²) in [6.07, 6.45) is 3.82. The molecule has 0 spiro atoms. The Balaban J connectivity index is 1.99. The van der Waals surface area contributed by atoms with Crippen LogP contribution in [0.25, 0.3) is 5.69 Å². The number of para-hydroxylation sites is 1. The minimum atomic E-state index is -0.185. The minimum absolute atomic E-state index is 0.185. The van der Waals surface area contributed by atoms with Gasteiger partial charge >= 0.3 is 5.97 Å². The quantitative estimate of drug-likeness (QED) is 0.733. The Hall–Kier alpha value is -2.14. The van der Waals surface area contributed by atoms with Gasteiger partial charge in [-0.2, -0.15) is 5.10 Å². The summed E-state index contributed by atoms with van der Waals surface area (Å²) in [4.78, 5) is 13.6. The molecule has 1 aromatic heterocycles. The molecule has 0 aliphatic rings. The molecule has 0 aliphatic heterocycles. The van der Waals surface area contributed by atoms with Crippen molar-refractivity contribution in [1.29, 1.82) is 0 Å². The number of carbonyl (C=O) groups is 1. The van der Waals surface area contributed by atoms with E-state index in [1.54, 1.807) is 0 Å². The second kappa shape index (κ2) is 7.59. The molecule has 0 saturated heterocycles. The molecule has 0 aliphatic carbocycles. The van der Waals surface area contributed by atoms with Crippen molar-refractivity contribution in [2.75, 3.05) is 19.7 Å². The fourth-order valence-electron chi connectivity index (χ4n) is 2.09. The van der Waals surface area contributed by atoms with Gasteiger partial charge in [0.15, 0.2) is 0 Å². The number of hydrogen-bond donors (Lipinski definition) is 0. The van der Waals surface area contributed by atoms with Gasteiger partial charge < -0.3 is 4.74 Å². The van der Waals surface area contributed by atoms with Crippen molar-refractivity contribution < 1.29 is 9.53 Å². The highest BCUT2D eigenvalue weighted by atomic mass is 16.5. The number of hydrogen-bond acceptors (Lipinski definition) is 4. The summed E-state index contributed by atoms with van der Waals surface area (Å²) < 4.78 is 6.83. The maximum Gasteiger partial charge on any atom is 0.320 e. The lowest BCUT2D eigenvalue weighted by atomic mass is 10.3. The van der Waals surface area contributed by atoms with E-state index in [0.717, 1.165) is 17.8 Å². The minimum Gasteiger partial charge on any atom is -0.465 e. The molecule has 5 nitrogen and oxygen atoms in total. The van der Waals surface area contributed by atoms with Gasteiger partial charge in [-0.05, 0) is 25.6 Å². The molecule has 1 aromatic carbocycles. The largest absolute Gasteiger partial charge is 0.465 e. The van der Waals surface area contributed by atoms with Crippen molar-refractivity contribution in [2.45, 2.75) is 20.4 Å². The molecule has 5 heteroatoms. The van der Waals surface area contributed by atoms with Gasteiger partial charge in [0.25, 0.3) is 0 Å². The van der Waals surface area contributed by atoms with E-state index in [0.29, 0.717) is 19.7 Å². The van der Waals surface area contributed by atoms with Crippen LogP contribution in [-0.2, 0) is 16.1 Å². The molecule has 1 heterocycles. The molecule has 2 rings (SSSR count). The summed E-state index contributed by atoms with van der Waals surface area (Å²) in [6, 6.07) is 9.96. The number of aromatic nitrogens is 2. The van der Waals surface area contributed by atoms with Gasteiger partial charge in [0.05, 0.1) is 25.0 Å². The number of ether oxygens (including phenoxy) is 1. The third-order valence-corrected chi connectivity index (χ3v) is 3.17. The Kier molecular flexibility index (Phi) is 5.51. The van der Waals surface area contributed by atoms with Crippen LogP contribution in [-0.4, -0.2) is 40.3 Å². The van der Waals surface area contributed by atoms with Crippen molar-refractivity contribution in [2.24, 2.45) is 0 Å². The number of rotatable bonds is 7. The normalized spacial score (nSPS) is 10.8. The molecule has 0 fully saturated rings. The lowest BCUT2D eigenvalue weighted by Crippen LogP contribution is -2.30. The number of esters is 1. The van der Waals surface area contributed by atoms with Crippen LogP contribution < -0.4 is 0 Å². The highest BCUT2D eigenvalue weighted by molar-refractivity contribution is 5.71. The third-order valence-electron chi connectivity index (χ3n) is 3.17. The van der Waals surface area contributed by atoms with Gasteiger partial charge in [-0.15, -0.1) is 0 Å². The van der Waals surface area contributed by atoms with Crippen LogP contribution in [0.3, 0.4) is 0 Å². The summed E-state index contributed by atoms with van der Waals surface area (Å²) >= 11 is 0. The fourth-order valence-corrected chi connectivity index (χ4v) is 2.09. The molecule has 112 valence electrons. The van der Waals surface area contributed by atoms with E-state index in [1.165, 1.54) is 0 Å².